The quantitative estimate of drug-likeness (QED) is 0.718. The molecule has 0 amide bonds. The monoisotopic (exact) mass is 238 g/mol. The van der Waals surface area contributed by atoms with Gasteiger partial charge in [0.15, 0.2) is 4.73 Å². The number of aromatic nitrogens is 2. The van der Waals surface area contributed by atoms with Gasteiger partial charge in [-0.3, -0.25) is 0 Å². The number of fused-ring (bicyclic) bond motifs is 1. The molecule has 0 radical (unpaired) electrons. The number of hydrogen-bond donors (Lipinski definition) is 1. The maximum atomic E-state index is 9.55. The van der Waals surface area contributed by atoms with E-state index < -0.39 is 0 Å². The molecule has 0 fully saturated rings. The van der Waals surface area contributed by atoms with Crippen molar-refractivity contribution in [3.05, 3.63) is 28.6 Å². The minimum absolute atomic E-state index is 0.225. The second-order valence-electron chi connectivity index (χ2n) is 2.75. The van der Waals surface area contributed by atoms with Crippen LogP contribution >= 0.6 is 15.9 Å². The number of aromatic hydroxyl groups is 1. The molecule has 2 rings (SSSR count). The molecule has 1 heterocycles. The van der Waals surface area contributed by atoms with Crippen molar-refractivity contribution in [2.45, 2.75) is 6.92 Å². The molecule has 1 aromatic carbocycles. The summed E-state index contributed by atoms with van der Waals surface area (Å²) in [5.74, 6) is 0.225. The number of phenolic OH excluding ortho intramolecular Hbond substituents is 1. The maximum absolute atomic E-state index is 9.55. The molecule has 0 bridgehead atoms. The van der Waals surface area contributed by atoms with Crippen molar-refractivity contribution >= 4 is 26.8 Å². The van der Waals surface area contributed by atoms with Crippen LogP contribution in [0.15, 0.2) is 22.9 Å². The fraction of sp³-hybridized carbons (Fsp3) is 0.111. The van der Waals surface area contributed by atoms with Crippen molar-refractivity contribution in [2.75, 3.05) is 0 Å². The van der Waals surface area contributed by atoms with Crippen LogP contribution in [0.5, 0.6) is 5.75 Å². The van der Waals surface area contributed by atoms with Crippen molar-refractivity contribution in [1.29, 1.82) is 0 Å². The molecular formula is C9H7BrN2O. The maximum Gasteiger partial charge on any atom is 0.197 e. The van der Waals surface area contributed by atoms with Gasteiger partial charge in [-0.1, -0.05) is 6.07 Å². The van der Waals surface area contributed by atoms with Crippen LogP contribution in [-0.2, 0) is 0 Å². The van der Waals surface area contributed by atoms with Crippen LogP contribution in [0.1, 0.15) is 5.69 Å². The van der Waals surface area contributed by atoms with Crippen molar-refractivity contribution in [1.82, 2.24) is 9.97 Å². The third kappa shape index (κ3) is 1.37. The number of hydrogen-bond acceptors (Lipinski definition) is 3. The lowest BCUT2D eigenvalue weighted by Gasteiger charge is -2.02. The Labute approximate surface area is 83.6 Å². The van der Waals surface area contributed by atoms with Crippen LogP contribution < -0.4 is 0 Å². The van der Waals surface area contributed by atoms with Crippen LogP contribution in [0.3, 0.4) is 0 Å². The highest BCUT2D eigenvalue weighted by Crippen LogP contribution is 2.25. The first-order valence-corrected chi connectivity index (χ1v) is 4.59. The van der Waals surface area contributed by atoms with Gasteiger partial charge in [0, 0.05) is 0 Å². The molecule has 66 valence electrons. The summed E-state index contributed by atoms with van der Waals surface area (Å²) in [6, 6.07) is 5.23. The van der Waals surface area contributed by atoms with E-state index in [1.807, 2.05) is 13.0 Å². The zero-order chi connectivity index (χ0) is 9.42. The molecule has 0 saturated carbocycles. The number of benzene rings is 1. The van der Waals surface area contributed by atoms with Crippen LogP contribution in [-0.4, -0.2) is 15.1 Å². The van der Waals surface area contributed by atoms with Gasteiger partial charge in [0.25, 0.3) is 0 Å². The molecule has 2 aromatic rings. The first-order valence-electron chi connectivity index (χ1n) is 3.80. The van der Waals surface area contributed by atoms with Gasteiger partial charge in [-0.25, -0.2) is 9.97 Å². The van der Waals surface area contributed by atoms with Gasteiger partial charge >= 0.3 is 0 Å². The molecule has 0 aliphatic heterocycles. The summed E-state index contributed by atoms with van der Waals surface area (Å²) in [6.45, 7) is 1.84. The summed E-state index contributed by atoms with van der Waals surface area (Å²) in [5, 5.41) is 10.3. The molecule has 0 unspecified atom stereocenters. The highest BCUT2D eigenvalue weighted by atomic mass is 79.9. The molecule has 4 heteroatoms. The zero-order valence-corrected chi connectivity index (χ0v) is 8.54. The number of phenols is 1. The predicted molar refractivity (Wildman–Crippen MR) is 53.6 cm³/mol. The predicted octanol–water partition coefficient (Wildman–Crippen LogP) is 2.41. The van der Waals surface area contributed by atoms with E-state index >= 15 is 0 Å². The average Bonchev–Trinajstić information content (AvgIpc) is 2.02. The molecule has 13 heavy (non-hydrogen) atoms. The van der Waals surface area contributed by atoms with Crippen molar-refractivity contribution in [2.24, 2.45) is 0 Å². The Bertz CT molecular complexity index is 470. The van der Waals surface area contributed by atoms with Crippen molar-refractivity contribution in [3.63, 3.8) is 0 Å². The lowest BCUT2D eigenvalue weighted by molar-refractivity contribution is 0.481. The van der Waals surface area contributed by atoms with E-state index in [2.05, 4.69) is 25.9 Å². The van der Waals surface area contributed by atoms with Crippen molar-refractivity contribution < 1.29 is 5.11 Å². The lowest BCUT2D eigenvalue weighted by Crippen LogP contribution is -1.89. The Hall–Kier alpha value is -1.16. The normalized spacial score (nSPS) is 10.6. The van der Waals surface area contributed by atoms with Gasteiger partial charge in [0.05, 0.1) is 16.6 Å². The molecule has 3 nitrogen and oxygen atoms in total. The topological polar surface area (TPSA) is 46.0 Å². The van der Waals surface area contributed by atoms with E-state index in [1.54, 1.807) is 12.1 Å². The van der Waals surface area contributed by atoms with Gasteiger partial charge in [-0.15, -0.1) is 0 Å². The second kappa shape index (κ2) is 2.96. The van der Waals surface area contributed by atoms with Crippen LogP contribution in [0.4, 0.5) is 0 Å². The van der Waals surface area contributed by atoms with Gasteiger partial charge in [-0.2, -0.15) is 0 Å². The van der Waals surface area contributed by atoms with Gasteiger partial charge in [0.1, 0.15) is 5.75 Å². The lowest BCUT2D eigenvalue weighted by atomic mass is 10.2. The molecule has 1 aromatic heterocycles. The van der Waals surface area contributed by atoms with E-state index in [0.29, 0.717) is 10.1 Å². The molecular weight excluding hydrogens is 232 g/mol. The Morgan fingerprint density at radius 1 is 1.31 bits per heavy atom. The molecule has 0 atom stereocenters. The smallest absolute Gasteiger partial charge is 0.197 e. The summed E-state index contributed by atoms with van der Waals surface area (Å²) in [7, 11) is 0. The Kier molecular flexibility index (Phi) is 1.92. The van der Waals surface area contributed by atoms with E-state index in [1.165, 1.54) is 0 Å². The largest absolute Gasteiger partial charge is 0.507 e. The van der Waals surface area contributed by atoms with E-state index in [9.17, 15) is 5.11 Å². The minimum Gasteiger partial charge on any atom is -0.507 e. The number of aryl methyl sites for hydroxylation is 1. The number of nitrogens with zero attached hydrogens (tertiary/aromatic N) is 2. The molecule has 0 spiro atoms. The number of halogens is 1. The minimum atomic E-state index is 0.225. The summed E-state index contributed by atoms with van der Waals surface area (Å²) in [4.78, 5) is 8.25. The summed E-state index contributed by atoms with van der Waals surface area (Å²) < 4.78 is 0.545. The first-order chi connectivity index (χ1) is 6.18. The van der Waals surface area contributed by atoms with Gasteiger partial charge in [-0.05, 0) is 35.0 Å². The van der Waals surface area contributed by atoms with Crippen LogP contribution in [0.25, 0.3) is 10.9 Å². The average molecular weight is 239 g/mol. The van der Waals surface area contributed by atoms with Crippen LogP contribution in [0, 0.1) is 6.92 Å². The molecule has 1 N–H and O–H groups in total. The summed E-state index contributed by atoms with van der Waals surface area (Å²) in [6.07, 6.45) is 0. The fourth-order valence-electron chi connectivity index (χ4n) is 1.31. The standard InChI is InChI=1S/C9H7BrN2O/c1-5-8-6(12-9(10)11-5)3-2-4-7(8)13/h2-4,13H,1H3. The first kappa shape index (κ1) is 8.44. The molecule has 0 saturated heterocycles. The van der Waals surface area contributed by atoms with Gasteiger partial charge < -0.3 is 5.11 Å². The SMILES string of the molecule is Cc1nc(Br)nc2cccc(O)c12. The summed E-state index contributed by atoms with van der Waals surface area (Å²) >= 11 is 3.20. The Morgan fingerprint density at radius 2 is 2.08 bits per heavy atom. The number of rotatable bonds is 0. The molecule has 0 aliphatic carbocycles. The van der Waals surface area contributed by atoms with E-state index in [0.717, 1.165) is 11.2 Å². The Morgan fingerprint density at radius 3 is 2.85 bits per heavy atom. The summed E-state index contributed by atoms with van der Waals surface area (Å²) in [5.41, 5.74) is 1.52. The van der Waals surface area contributed by atoms with Crippen LogP contribution in [0.2, 0.25) is 0 Å². The second-order valence-corrected chi connectivity index (χ2v) is 3.46. The highest BCUT2D eigenvalue weighted by Gasteiger charge is 2.05. The van der Waals surface area contributed by atoms with Gasteiger partial charge in [0.2, 0.25) is 0 Å². The third-order valence-electron chi connectivity index (χ3n) is 1.85. The van der Waals surface area contributed by atoms with Crippen molar-refractivity contribution in [3.8, 4) is 5.75 Å². The highest BCUT2D eigenvalue weighted by molar-refractivity contribution is 9.10. The fourth-order valence-corrected chi connectivity index (χ4v) is 1.77. The molecule has 0 aliphatic rings. The third-order valence-corrected chi connectivity index (χ3v) is 2.21. The zero-order valence-electron chi connectivity index (χ0n) is 6.95. The van der Waals surface area contributed by atoms with E-state index in [-0.39, 0.29) is 5.75 Å². The van der Waals surface area contributed by atoms with E-state index in [4.69, 9.17) is 0 Å². The Balaban J connectivity index is 2.94.